The zero-order valence-electron chi connectivity index (χ0n) is 13.1. The van der Waals surface area contributed by atoms with Crippen molar-refractivity contribution in [2.24, 2.45) is 5.92 Å². The maximum absolute atomic E-state index is 13.7. The molecule has 0 amide bonds. The highest BCUT2D eigenvalue weighted by Crippen LogP contribution is 2.27. The van der Waals surface area contributed by atoms with Crippen molar-refractivity contribution >= 4 is 5.82 Å². The van der Waals surface area contributed by atoms with Crippen molar-refractivity contribution in [2.45, 2.75) is 25.6 Å². The summed E-state index contributed by atoms with van der Waals surface area (Å²) in [5, 5.41) is 3.41. The van der Waals surface area contributed by atoms with Gasteiger partial charge in [-0.3, -0.25) is 4.79 Å². The Morgan fingerprint density at radius 2 is 1.92 bits per heavy atom. The number of nitrogens with zero attached hydrogens (tertiary/aromatic N) is 5. The van der Waals surface area contributed by atoms with Crippen LogP contribution < -0.4 is 10.5 Å². The lowest BCUT2D eigenvalue weighted by atomic mass is 9.97. The van der Waals surface area contributed by atoms with E-state index in [1.165, 1.54) is 6.33 Å². The van der Waals surface area contributed by atoms with E-state index in [2.05, 4.69) is 15.1 Å². The second-order valence-corrected chi connectivity index (χ2v) is 5.86. The van der Waals surface area contributed by atoms with Gasteiger partial charge in [0.2, 0.25) is 0 Å². The SMILES string of the molecule is O=c1ccc(C(F)(F)F)nn1CC1CCN(c2ncncc2F)CC1. The van der Waals surface area contributed by atoms with Crippen LogP contribution in [-0.2, 0) is 12.7 Å². The number of aromatic nitrogens is 4. The summed E-state index contributed by atoms with van der Waals surface area (Å²) in [6.45, 7) is 1.08. The summed E-state index contributed by atoms with van der Waals surface area (Å²) in [6.07, 6.45) is -1.07. The Bertz CT molecular complexity index is 799. The zero-order chi connectivity index (χ0) is 18.0. The molecular formula is C15H15F4N5O. The number of piperidine rings is 1. The molecule has 0 bridgehead atoms. The van der Waals surface area contributed by atoms with E-state index in [9.17, 15) is 22.4 Å². The van der Waals surface area contributed by atoms with E-state index in [0.717, 1.165) is 16.9 Å². The molecule has 10 heteroatoms. The molecule has 1 aliphatic heterocycles. The van der Waals surface area contributed by atoms with Crippen LogP contribution in [0, 0.1) is 11.7 Å². The van der Waals surface area contributed by atoms with Crippen LogP contribution in [0.5, 0.6) is 0 Å². The van der Waals surface area contributed by atoms with Crippen molar-refractivity contribution in [1.29, 1.82) is 0 Å². The molecule has 0 spiro atoms. The number of rotatable bonds is 3. The topological polar surface area (TPSA) is 63.9 Å². The molecular weight excluding hydrogens is 342 g/mol. The van der Waals surface area contributed by atoms with Gasteiger partial charge in [-0.2, -0.15) is 18.3 Å². The van der Waals surface area contributed by atoms with E-state index in [1.54, 1.807) is 4.90 Å². The van der Waals surface area contributed by atoms with Gasteiger partial charge in [-0.15, -0.1) is 0 Å². The smallest absolute Gasteiger partial charge is 0.354 e. The minimum absolute atomic E-state index is 0.0187. The molecule has 1 saturated heterocycles. The highest BCUT2D eigenvalue weighted by Gasteiger charge is 2.33. The first-order valence-electron chi connectivity index (χ1n) is 7.70. The summed E-state index contributed by atoms with van der Waals surface area (Å²) >= 11 is 0. The molecule has 0 radical (unpaired) electrons. The maximum atomic E-state index is 13.7. The average molecular weight is 357 g/mol. The standard InChI is InChI=1S/C15H15F4N5O/c16-11-7-20-9-21-14(11)23-5-3-10(4-6-23)8-24-13(25)2-1-12(22-24)15(17,18)19/h1-2,7,9-10H,3-6,8H2. The first-order valence-corrected chi connectivity index (χ1v) is 7.70. The van der Waals surface area contributed by atoms with Crippen molar-refractivity contribution in [3.8, 4) is 0 Å². The minimum Gasteiger partial charge on any atom is -0.354 e. The second-order valence-electron chi connectivity index (χ2n) is 5.86. The Labute approximate surface area is 140 Å². The Morgan fingerprint density at radius 1 is 1.20 bits per heavy atom. The van der Waals surface area contributed by atoms with Gasteiger partial charge in [-0.25, -0.2) is 19.0 Å². The van der Waals surface area contributed by atoms with E-state index >= 15 is 0 Å². The zero-order valence-corrected chi connectivity index (χ0v) is 13.1. The van der Waals surface area contributed by atoms with Gasteiger partial charge in [0, 0.05) is 25.7 Å². The first kappa shape index (κ1) is 17.3. The monoisotopic (exact) mass is 357 g/mol. The quantitative estimate of drug-likeness (QED) is 0.788. The van der Waals surface area contributed by atoms with Crippen molar-refractivity contribution in [3.05, 3.63) is 46.5 Å². The fraction of sp³-hybridized carbons (Fsp3) is 0.467. The van der Waals surface area contributed by atoms with Gasteiger partial charge in [0.1, 0.15) is 6.33 Å². The van der Waals surface area contributed by atoms with Crippen molar-refractivity contribution in [3.63, 3.8) is 0 Å². The highest BCUT2D eigenvalue weighted by molar-refractivity contribution is 5.38. The van der Waals surface area contributed by atoms with Crippen LogP contribution >= 0.6 is 0 Å². The molecule has 0 N–H and O–H groups in total. The van der Waals surface area contributed by atoms with Crippen LogP contribution in [-0.4, -0.2) is 32.8 Å². The van der Waals surface area contributed by atoms with Gasteiger partial charge >= 0.3 is 6.18 Å². The molecule has 2 aromatic rings. The van der Waals surface area contributed by atoms with E-state index in [0.29, 0.717) is 32.0 Å². The molecule has 134 valence electrons. The van der Waals surface area contributed by atoms with Gasteiger partial charge in [0.15, 0.2) is 17.3 Å². The number of anilines is 1. The van der Waals surface area contributed by atoms with Crippen LogP contribution in [0.2, 0.25) is 0 Å². The molecule has 1 fully saturated rings. The van der Waals surface area contributed by atoms with Crippen LogP contribution in [0.1, 0.15) is 18.5 Å². The Kier molecular flexibility index (Phi) is 4.69. The lowest BCUT2D eigenvalue weighted by Gasteiger charge is -2.32. The van der Waals surface area contributed by atoms with Crippen molar-refractivity contribution in [2.75, 3.05) is 18.0 Å². The van der Waals surface area contributed by atoms with Gasteiger partial charge in [-0.05, 0) is 24.8 Å². The van der Waals surface area contributed by atoms with E-state index in [4.69, 9.17) is 0 Å². The third-order valence-electron chi connectivity index (χ3n) is 4.15. The van der Waals surface area contributed by atoms with Gasteiger partial charge in [0.25, 0.3) is 5.56 Å². The predicted molar refractivity (Wildman–Crippen MR) is 80.4 cm³/mol. The van der Waals surface area contributed by atoms with Gasteiger partial charge in [-0.1, -0.05) is 0 Å². The third kappa shape index (κ3) is 3.94. The lowest BCUT2D eigenvalue weighted by Crippen LogP contribution is -2.38. The number of halogens is 4. The fourth-order valence-corrected chi connectivity index (χ4v) is 2.84. The molecule has 6 nitrogen and oxygen atoms in total. The van der Waals surface area contributed by atoms with Gasteiger partial charge < -0.3 is 4.90 Å². The Hall–Kier alpha value is -2.52. The summed E-state index contributed by atoms with van der Waals surface area (Å²) in [5.41, 5.74) is -1.66. The minimum atomic E-state index is -4.59. The average Bonchev–Trinajstić information content (AvgIpc) is 2.57. The molecule has 0 aliphatic carbocycles. The Balaban J connectivity index is 1.67. The summed E-state index contributed by atoms with van der Waals surface area (Å²) in [5.74, 6) is -0.325. The van der Waals surface area contributed by atoms with Crippen LogP contribution in [0.3, 0.4) is 0 Å². The molecule has 0 saturated carbocycles. The molecule has 1 aliphatic rings. The number of alkyl halides is 3. The van der Waals surface area contributed by atoms with Crippen LogP contribution in [0.4, 0.5) is 23.4 Å². The normalized spacial score (nSPS) is 16.2. The third-order valence-corrected chi connectivity index (χ3v) is 4.15. The molecule has 2 aromatic heterocycles. The molecule has 25 heavy (non-hydrogen) atoms. The first-order chi connectivity index (χ1) is 11.8. The molecule has 0 unspecified atom stereocenters. The van der Waals surface area contributed by atoms with Crippen molar-refractivity contribution in [1.82, 2.24) is 19.7 Å². The summed E-state index contributed by atoms with van der Waals surface area (Å²) in [4.78, 5) is 21.0. The largest absolute Gasteiger partial charge is 0.435 e. The fourth-order valence-electron chi connectivity index (χ4n) is 2.84. The molecule has 0 atom stereocenters. The maximum Gasteiger partial charge on any atom is 0.435 e. The predicted octanol–water partition coefficient (Wildman–Crippen LogP) is 2.11. The molecule has 0 aromatic carbocycles. The van der Waals surface area contributed by atoms with Gasteiger partial charge in [0.05, 0.1) is 6.20 Å². The molecule has 3 heterocycles. The number of hydrogen-bond acceptors (Lipinski definition) is 5. The summed E-state index contributed by atoms with van der Waals surface area (Å²) in [6, 6.07) is 1.56. The molecule has 3 rings (SSSR count). The lowest BCUT2D eigenvalue weighted by molar-refractivity contribution is -0.142. The second kappa shape index (κ2) is 6.77. The van der Waals surface area contributed by atoms with E-state index in [1.807, 2.05) is 0 Å². The van der Waals surface area contributed by atoms with Crippen LogP contribution in [0.15, 0.2) is 29.5 Å². The Morgan fingerprint density at radius 3 is 2.56 bits per heavy atom. The van der Waals surface area contributed by atoms with E-state index < -0.39 is 23.2 Å². The summed E-state index contributed by atoms with van der Waals surface area (Å²) in [7, 11) is 0. The highest BCUT2D eigenvalue weighted by atomic mass is 19.4. The number of hydrogen-bond donors (Lipinski definition) is 0. The van der Waals surface area contributed by atoms with Crippen molar-refractivity contribution < 1.29 is 17.6 Å². The van der Waals surface area contributed by atoms with E-state index in [-0.39, 0.29) is 18.3 Å². The van der Waals surface area contributed by atoms with Crippen LogP contribution in [0.25, 0.3) is 0 Å². The summed E-state index contributed by atoms with van der Waals surface area (Å²) < 4.78 is 52.7.